The van der Waals surface area contributed by atoms with Crippen molar-refractivity contribution in [3.05, 3.63) is 62.8 Å². The van der Waals surface area contributed by atoms with Crippen LogP contribution < -0.4 is 10.9 Å². The van der Waals surface area contributed by atoms with Crippen LogP contribution in [0.1, 0.15) is 42.6 Å². The van der Waals surface area contributed by atoms with E-state index in [-0.39, 0.29) is 24.1 Å². The number of amides is 1. The first-order valence-electron chi connectivity index (χ1n) is 10.0. The van der Waals surface area contributed by atoms with E-state index in [4.69, 9.17) is 11.6 Å². The Hall–Kier alpha value is -2.60. The number of carbonyl (C=O) groups is 1. The fourth-order valence-corrected chi connectivity index (χ4v) is 4.47. The van der Waals surface area contributed by atoms with Gasteiger partial charge in [0.25, 0.3) is 5.56 Å². The molecule has 3 aromatic rings. The monoisotopic (exact) mass is 412 g/mol. The van der Waals surface area contributed by atoms with Crippen LogP contribution in [0.5, 0.6) is 0 Å². The van der Waals surface area contributed by atoms with Gasteiger partial charge in [0.15, 0.2) is 0 Å². The maximum absolute atomic E-state index is 13.1. The summed E-state index contributed by atoms with van der Waals surface area (Å²) >= 11 is 6.33. The number of aryl methyl sites for hydroxylation is 2. The Morgan fingerprint density at radius 1 is 1.21 bits per heavy atom. The first-order valence-corrected chi connectivity index (χ1v) is 10.4. The van der Waals surface area contributed by atoms with E-state index in [1.807, 2.05) is 38.1 Å². The Balaban J connectivity index is 1.65. The number of nitrogens with one attached hydrogen (secondary N) is 1. The molecular formula is C22H25ClN4O2. The summed E-state index contributed by atoms with van der Waals surface area (Å²) in [5.74, 6) is -0.157. The summed E-state index contributed by atoms with van der Waals surface area (Å²) in [6.45, 7) is 4.42. The second-order valence-corrected chi connectivity index (χ2v) is 8.20. The molecule has 0 aliphatic heterocycles. The second-order valence-electron chi connectivity index (χ2n) is 7.79. The van der Waals surface area contributed by atoms with E-state index in [2.05, 4.69) is 15.0 Å². The molecule has 4 rings (SSSR count). The summed E-state index contributed by atoms with van der Waals surface area (Å²) in [4.78, 5) is 25.4. The van der Waals surface area contributed by atoms with Gasteiger partial charge >= 0.3 is 0 Å². The largest absolute Gasteiger partial charge is 0.352 e. The van der Waals surface area contributed by atoms with Crippen molar-refractivity contribution in [2.45, 2.75) is 58.7 Å². The van der Waals surface area contributed by atoms with Crippen LogP contribution in [0.4, 0.5) is 0 Å². The Labute approximate surface area is 174 Å². The summed E-state index contributed by atoms with van der Waals surface area (Å²) in [7, 11) is 0. The summed E-state index contributed by atoms with van der Waals surface area (Å²) in [6, 6.07) is 7.92. The van der Waals surface area contributed by atoms with Gasteiger partial charge in [0, 0.05) is 34.4 Å². The van der Waals surface area contributed by atoms with Crippen molar-refractivity contribution in [2.75, 3.05) is 0 Å². The van der Waals surface area contributed by atoms with Crippen LogP contribution in [0.15, 0.2) is 35.3 Å². The van der Waals surface area contributed by atoms with Gasteiger partial charge in [-0.2, -0.15) is 5.10 Å². The van der Waals surface area contributed by atoms with Gasteiger partial charge < -0.3 is 9.88 Å². The molecule has 0 saturated heterocycles. The number of benzene rings is 1. The highest BCUT2D eigenvalue weighted by Crippen LogP contribution is 2.25. The van der Waals surface area contributed by atoms with Gasteiger partial charge in [0.2, 0.25) is 5.91 Å². The lowest BCUT2D eigenvalue weighted by Crippen LogP contribution is -2.38. The molecule has 1 aromatic carbocycles. The zero-order valence-corrected chi connectivity index (χ0v) is 17.5. The minimum absolute atomic E-state index is 0.0561. The zero-order chi connectivity index (χ0) is 20.5. The Bertz CT molecular complexity index is 1130. The molecule has 1 N–H and O–H groups in total. The van der Waals surface area contributed by atoms with Crippen LogP contribution >= 0.6 is 11.6 Å². The topological polar surface area (TPSA) is 68.9 Å². The number of hydrogen-bond acceptors (Lipinski definition) is 3. The van der Waals surface area contributed by atoms with E-state index in [1.54, 1.807) is 6.20 Å². The van der Waals surface area contributed by atoms with E-state index < -0.39 is 0 Å². The van der Waals surface area contributed by atoms with Gasteiger partial charge in [-0.1, -0.05) is 42.6 Å². The fourth-order valence-electron chi connectivity index (χ4n) is 4.27. The molecule has 1 amide bonds. The SMILES string of the molecule is Cc1c2cnn(CC(=O)NC3CCCC3)c(=O)c2c(C)n1Cc1ccccc1Cl. The molecule has 1 aliphatic rings. The molecule has 2 aromatic heterocycles. The quantitative estimate of drug-likeness (QED) is 0.696. The summed E-state index contributed by atoms with van der Waals surface area (Å²) in [5, 5.41) is 9.40. The minimum atomic E-state index is -0.234. The van der Waals surface area contributed by atoms with Crippen LogP contribution in [0.3, 0.4) is 0 Å². The van der Waals surface area contributed by atoms with Crippen LogP contribution in [0.2, 0.25) is 5.02 Å². The first-order chi connectivity index (χ1) is 14.0. The Morgan fingerprint density at radius 3 is 2.66 bits per heavy atom. The minimum Gasteiger partial charge on any atom is -0.352 e. The second kappa shape index (κ2) is 8.03. The molecule has 0 radical (unpaired) electrons. The highest BCUT2D eigenvalue weighted by Gasteiger charge is 2.20. The van der Waals surface area contributed by atoms with E-state index >= 15 is 0 Å². The van der Waals surface area contributed by atoms with Gasteiger partial charge in [-0.05, 0) is 38.3 Å². The predicted molar refractivity (Wildman–Crippen MR) is 114 cm³/mol. The normalized spacial score (nSPS) is 14.6. The molecule has 1 fully saturated rings. The van der Waals surface area contributed by atoms with E-state index in [1.165, 1.54) is 4.68 Å². The lowest BCUT2D eigenvalue weighted by atomic mass is 10.2. The van der Waals surface area contributed by atoms with E-state index in [9.17, 15) is 9.59 Å². The maximum Gasteiger partial charge on any atom is 0.276 e. The van der Waals surface area contributed by atoms with E-state index in [0.717, 1.165) is 48.0 Å². The lowest BCUT2D eigenvalue weighted by molar-refractivity contribution is -0.122. The molecule has 0 spiro atoms. The summed E-state index contributed by atoms with van der Waals surface area (Å²) < 4.78 is 3.34. The van der Waals surface area contributed by atoms with Crippen molar-refractivity contribution in [1.82, 2.24) is 19.7 Å². The van der Waals surface area contributed by atoms with Crippen LogP contribution in [0.25, 0.3) is 10.8 Å². The number of halogens is 1. The molecule has 1 aliphatic carbocycles. The molecule has 0 atom stereocenters. The van der Waals surface area contributed by atoms with Crippen molar-refractivity contribution >= 4 is 28.3 Å². The van der Waals surface area contributed by atoms with Gasteiger partial charge in [-0.3, -0.25) is 9.59 Å². The number of hydrogen-bond donors (Lipinski definition) is 1. The molecule has 2 heterocycles. The molecule has 0 bridgehead atoms. The number of nitrogens with zero attached hydrogens (tertiary/aromatic N) is 3. The lowest BCUT2D eigenvalue weighted by Gasteiger charge is -2.12. The van der Waals surface area contributed by atoms with Crippen molar-refractivity contribution in [2.24, 2.45) is 0 Å². The molecule has 29 heavy (non-hydrogen) atoms. The highest BCUT2D eigenvalue weighted by atomic mass is 35.5. The van der Waals surface area contributed by atoms with Gasteiger partial charge in [-0.25, -0.2) is 4.68 Å². The molecule has 6 nitrogen and oxygen atoms in total. The van der Waals surface area contributed by atoms with Gasteiger partial charge in [0.05, 0.1) is 11.6 Å². The predicted octanol–water partition coefficient (Wildman–Crippen LogP) is 3.58. The number of rotatable bonds is 5. The third-order valence-corrected chi connectivity index (χ3v) is 6.27. The molecule has 7 heteroatoms. The Morgan fingerprint density at radius 2 is 1.93 bits per heavy atom. The van der Waals surface area contributed by atoms with Crippen molar-refractivity contribution in [3.63, 3.8) is 0 Å². The van der Waals surface area contributed by atoms with Crippen molar-refractivity contribution < 1.29 is 4.79 Å². The molecule has 0 unspecified atom stereocenters. The third kappa shape index (κ3) is 3.81. The fraction of sp³-hybridized carbons (Fsp3) is 0.409. The first kappa shape index (κ1) is 19.7. The van der Waals surface area contributed by atoms with Crippen LogP contribution in [-0.2, 0) is 17.9 Å². The van der Waals surface area contributed by atoms with Crippen LogP contribution in [0, 0.1) is 13.8 Å². The number of fused-ring (bicyclic) bond motifs is 1. The molecular weight excluding hydrogens is 388 g/mol. The number of carbonyl (C=O) groups excluding carboxylic acids is 1. The molecule has 152 valence electrons. The van der Waals surface area contributed by atoms with Gasteiger partial charge in [-0.15, -0.1) is 0 Å². The summed E-state index contributed by atoms with van der Waals surface area (Å²) in [5.41, 5.74) is 2.58. The molecule has 1 saturated carbocycles. The van der Waals surface area contributed by atoms with E-state index in [0.29, 0.717) is 17.0 Å². The maximum atomic E-state index is 13.1. The summed E-state index contributed by atoms with van der Waals surface area (Å²) in [6.07, 6.45) is 6.00. The third-order valence-electron chi connectivity index (χ3n) is 5.91. The smallest absolute Gasteiger partial charge is 0.276 e. The number of aromatic nitrogens is 3. The highest BCUT2D eigenvalue weighted by molar-refractivity contribution is 6.31. The Kier molecular flexibility index (Phi) is 5.46. The van der Waals surface area contributed by atoms with Gasteiger partial charge in [0.1, 0.15) is 6.54 Å². The van der Waals surface area contributed by atoms with Crippen LogP contribution in [-0.4, -0.2) is 26.3 Å². The van der Waals surface area contributed by atoms with Crippen molar-refractivity contribution in [1.29, 1.82) is 0 Å². The zero-order valence-electron chi connectivity index (χ0n) is 16.7. The standard InChI is InChI=1S/C22H25ClN4O2/c1-14-18-11-24-27(13-20(28)25-17-8-4-5-9-17)22(29)21(18)15(2)26(14)12-16-7-3-6-10-19(16)23/h3,6-7,10-11,17H,4-5,8-9,12-13H2,1-2H3,(H,25,28). The average molecular weight is 413 g/mol. The van der Waals surface area contributed by atoms with Crippen molar-refractivity contribution in [3.8, 4) is 0 Å². The average Bonchev–Trinajstić information content (AvgIpc) is 3.28.